The van der Waals surface area contributed by atoms with Gasteiger partial charge in [-0.05, 0) is 35.6 Å². The van der Waals surface area contributed by atoms with E-state index in [-0.39, 0.29) is 0 Å². The Kier molecular flexibility index (Phi) is 3.34. The van der Waals surface area contributed by atoms with Crippen molar-refractivity contribution in [2.45, 2.75) is 25.3 Å². The fourth-order valence-corrected chi connectivity index (χ4v) is 3.68. The highest BCUT2D eigenvalue weighted by Gasteiger charge is 2.35. The van der Waals surface area contributed by atoms with Crippen LogP contribution >= 0.6 is 0 Å². The summed E-state index contributed by atoms with van der Waals surface area (Å²) in [6.45, 7) is 4.02. The maximum absolute atomic E-state index is 4.52. The third kappa shape index (κ3) is 2.27. The monoisotopic (exact) mass is 291 g/mol. The number of aryl methyl sites for hydroxylation is 1. The van der Waals surface area contributed by atoms with Crippen LogP contribution in [-0.2, 0) is 6.42 Å². The van der Waals surface area contributed by atoms with E-state index in [1.165, 1.54) is 22.3 Å². The molecule has 3 nitrogen and oxygen atoms in total. The largest absolute Gasteiger partial charge is 0.355 e. The lowest BCUT2D eigenvalue weighted by Gasteiger charge is -2.23. The van der Waals surface area contributed by atoms with Crippen molar-refractivity contribution in [2.24, 2.45) is 4.99 Å². The number of nitrogens with one attached hydrogen (secondary N) is 2. The number of rotatable bonds is 2. The molecule has 0 aromatic heterocycles. The van der Waals surface area contributed by atoms with Crippen LogP contribution in [0.15, 0.2) is 53.5 Å². The SMILES string of the molecule is Cc1cccc2c1CC(c1ccccc1)[C@@H]2NC1=NCCN1. The predicted molar refractivity (Wildman–Crippen MR) is 90.2 cm³/mol. The summed E-state index contributed by atoms with van der Waals surface area (Å²) in [5, 5.41) is 6.99. The molecule has 0 radical (unpaired) electrons. The molecule has 0 bridgehead atoms. The van der Waals surface area contributed by atoms with Gasteiger partial charge in [-0.25, -0.2) is 0 Å². The molecule has 2 N–H and O–H groups in total. The Bertz CT molecular complexity index is 706. The molecule has 2 aromatic rings. The van der Waals surface area contributed by atoms with Gasteiger partial charge in [0.25, 0.3) is 0 Å². The summed E-state index contributed by atoms with van der Waals surface area (Å²) in [6, 6.07) is 17.8. The standard InChI is InChI=1S/C19H21N3/c1-13-6-5-9-15-16(13)12-17(14-7-3-2-4-8-14)18(15)22-19-20-10-11-21-19/h2-9,17-18H,10-12H2,1H3,(H2,20,21,22)/t17?,18-/m1/s1. The van der Waals surface area contributed by atoms with Crippen LogP contribution in [0.2, 0.25) is 0 Å². The molecule has 0 saturated carbocycles. The predicted octanol–water partition coefficient (Wildman–Crippen LogP) is 2.92. The number of benzene rings is 2. The molecule has 1 aliphatic heterocycles. The molecule has 22 heavy (non-hydrogen) atoms. The zero-order valence-electron chi connectivity index (χ0n) is 12.8. The van der Waals surface area contributed by atoms with Gasteiger partial charge in [0.15, 0.2) is 5.96 Å². The molecule has 0 spiro atoms. The fourth-order valence-electron chi connectivity index (χ4n) is 3.68. The summed E-state index contributed by atoms with van der Waals surface area (Å²) in [7, 11) is 0. The molecule has 2 aliphatic rings. The quantitative estimate of drug-likeness (QED) is 0.892. The lowest BCUT2D eigenvalue weighted by Crippen LogP contribution is -2.37. The fraction of sp³-hybridized carbons (Fsp3) is 0.316. The summed E-state index contributed by atoms with van der Waals surface area (Å²) in [5.74, 6) is 1.41. The molecule has 3 heteroatoms. The van der Waals surface area contributed by atoms with Crippen LogP contribution in [0.1, 0.15) is 34.2 Å². The van der Waals surface area contributed by atoms with Crippen molar-refractivity contribution in [1.82, 2.24) is 10.6 Å². The van der Waals surface area contributed by atoms with Crippen LogP contribution < -0.4 is 10.6 Å². The first-order chi connectivity index (χ1) is 10.8. The highest BCUT2D eigenvalue weighted by atomic mass is 15.2. The second-order valence-corrected chi connectivity index (χ2v) is 6.14. The van der Waals surface area contributed by atoms with Crippen LogP contribution in [0.5, 0.6) is 0 Å². The third-order valence-corrected chi connectivity index (χ3v) is 4.80. The van der Waals surface area contributed by atoms with Gasteiger partial charge in [-0.3, -0.25) is 4.99 Å². The van der Waals surface area contributed by atoms with Crippen molar-refractivity contribution >= 4 is 5.96 Å². The second kappa shape index (κ2) is 5.48. The zero-order valence-corrected chi connectivity index (χ0v) is 12.8. The first-order valence-corrected chi connectivity index (χ1v) is 8.01. The minimum atomic E-state index is 0.293. The van der Waals surface area contributed by atoms with E-state index >= 15 is 0 Å². The second-order valence-electron chi connectivity index (χ2n) is 6.14. The maximum atomic E-state index is 4.52. The van der Waals surface area contributed by atoms with Crippen LogP contribution in [0, 0.1) is 6.92 Å². The van der Waals surface area contributed by atoms with Gasteiger partial charge < -0.3 is 10.6 Å². The van der Waals surface area contributed by atoms with E-state index < -0.39 is 0 Å². The summed E-state index contributed by atoms with van der Waals surface area (Å²) < 4.78 is 0. The van der Waals surface area contributed by atoms with E-state index in [1.54, 1.807) is 0 Å². The van der Waals surface area contributed by atoms with Crippen molar-refractivity contribution in [3.63, 3.8) is 0 Å². The summed E-state index contributed by atoms with van der Waals surface area (Å²) in [6.07, 6.45) is 1.09. The summed E-state index contributed by atoms with van der Waals surface area (Å²) in [5.41, 5.74) is 5.70. The number of aliphatic imine (C=N–C) groups is 1. The Balaban J connectivity index is 1.73. The Hall–Kier alpha value is -2.29. The molecule has 1 heterocycles. The molecule has 0 amide bonds. The summed E-state index contributed by atoms with van der Waals surface area (Å²) in [4.78, 5) is 4.52. The third-order valence-electron chi connectivity index (χ3n) is 4.80. The molecule has 112 valence electrons. The molecule has 2 atom stereocenters. The first kappa shape index (κ1) is 13.4. The number of nitrogens with zero attached hydrogens (tertiary/aromatic N) is 1. The molecule has 4 rings (SSSR count). The average molecular weight is 291 g/mol. The van der Waals surface area contributed by atoms with Crippen molar-refractivity contribution in [3.8, 4) is 0 Å². The van der Waals surface area contributed by atoms with Crippen LogP contribution in [0.3, 0.4) is 0 Å². The van der Waals surface area contributed by atoms with Gasteiger partial charge in [-0.2, -0.15) is 0 Å². The van der Waals surface area contributed by atoms with Gasteiger partial charge >= 0.3 is 0 Å². The van der Waals surface area contributed by atoms with Crippen molar-refractivity contribution in [2.75, 3.05) is 13.1 Å². The van der Waals surface area contributed by atoms with Gasteiger partial charge in [0.05, 0.1) is 12.6 Å². The minimum Gasteiger partial charge on any atom is -0.355 e. The van der Waals surface area contributed by atoms with E-state index in [1.807, 2.05) is 0 Å². The van der Waals surface area contributed by atoms with E-state index in [2.05, 4.69) is 71.1 Å². The van der Waals surface area contributed by atoms with Crippen LogP contribution in [-0.4, -0.2) is 19.0 Å². The molecule has 1 aliphatic carbocycles. The highest BCUT2D eigenvalue weighted by Crippen LogP contribution is 2.43. The van der Waals surface area contributed by atoms with Crippen molar-refractivity contribution < 1.29 is 0 Å². The van der Waals surface area contributed by atoms with Gasteiger partial charge in [0.1, 0.15) is 0 Å². The van der Waals surface area contributed by atoms with Crippen LogP contribution in [0.25, 0.3) is 0 Å². The van der Waals surface area contributed by atoms with E-state index in [4.69, 9.17) is 0 Å². The normalized spacial score (nSPS) is 22.9. The topological polar surface area (TPSA) is 36.4 Å². The van der Waals surface area contributed by atoms with Gasteiger partial charge in [0, 0.05) is 12.5 Å². The zero-order chi connectivity index (χ0) is 14.9. The number of fused-ring (bicyclic) bond motifs is 1. The Morgan fingerprint density at radius 1 is 1.09 bits per heavy atom. The van der Waals surface area contributed by atoms with E-state index in [9.17, 15) is 0 Å². The number of hydrogen-bond acceptors (Lipinski definition) is 3. The Labute approximate surface area is 131 Å². The Morgan fingerprint density at radius 3 is 2.73 bits per heavy atom. The minimum absolute atomic E-state index is 0.293. The number of hydrogen-bond donors (Lipinski definition) is 2. The van der Waals surface area contributed by atoms with Gasteiger partial charge in [-0.1, -0.05) is 48.5 Å². The highest BCUT2D eigenvalue weighted by molar-refractivity contribution is 5.82. The molecule has 0 saturated heterocycles. The van der Waals surface area contributed by atoms with Crippen LogP contribution in [0.4, 0.5) is 0 Å². The lowest BCUT2D eigenvalue weighted by atomic mass is 9.92. The molecule has 1 unspecified atom stereocenters. The van der Waals surface area contributed by atoms with Gasteiger partial charge in [-0.15, -0.1) is 0 Å². The summed E-state index contributed by atoms with van der Waals surface area (Å²) >= 11 is 0. The molecular weight excluding hydrogens is 270 g/mol. The van der Waals surface area contributed by atoms with Gasteiger partial charge in [0.2, 0.25) is 0 Å². The maximum Gasteiger partial charge on any atom is 0.191 e. The lowest BCUT2D eigenvalue weighted by molar-refractivity contribution is 0.546. The molecule has 2 aromatic carbocycles. The van der Waals surface area contributed by atoms with Crippen molar-refractivity contribution in [3.05, 3.63) is 70.8 Å². The molecular formula is C19H21N3. The van der Waals surface area contributed by atoms with E-state index in [0.29, 0.717) is 12.0 Å². The average Bonchev–Trinajstić information content (AvgIpc) is 3.18. The smallest absolute Gasteiger partial charge is 0.191 e. The Morgan fingerprint density at radius 2 is 1.95 bits per heavy atom. The number of guanidine groups is 1. The molecule has 0 fully saturated rings. The van der Waals surface area contributed by atoms with Crippen molar-refractivity contribution in [1.29, 1.82) is 0 Å². The first-order valence-electron chi connectivity index (χ1n) is 8.01. The van der Waals surface area contributed by atoms with E-state index in [0.717, 1.165) is 25.5 Å².